The summed E-state index contributed by atoms with van der Waals surface area (Å²) in [4.78, 5) is 44.7. The lowest BCUT2D eigenvalue weighted by Gasteiger charge is -2.50. The summed E-state index contributed by atoms with van der Waals surface area (Å²) in [6, 6.07) is 3.76. The van der Waals surface area contributed by atoms with Gasteiger partial charge in [-0.2, -0.15) is 0 Å². The van der Waals surface area contributed by atoms with Gasteiger partial charge in [-0.05, 0) is 49.3 Å². The van der Waals surface area contributed by atoms with Crippen LogP contribution in [0.1, 0.15) is 38.2 Å². The molecular formula is C25H31Cl2N3O5. The van der Waals surface area contributed by atoms with Crippen LogP contribution in [0, 0.1) is 5.41 Å². The molecule has 4 atom stereocenters. The van der Waals surface area contributed by atoms with Crippen LogP contribution in [0.15, 0.2) is 18.2 Å². The van der Waals surface area contributed by atoms with Crippen LogP contribution in [0.5, 0.6) is 0 Å². The third kappa shape index (κ3) is 4.78. The SMILES string of the molecule is C[C@H]1C(=O)N2[C@@H](CC(=O)N3CCC4(CC4)[C@H](O)C3)COC[C@H]2CN1C(=O)Cc1ccc(Cl)c(Cl)c1. The average molecular weight is 524 g/mol. The van der Waals surface area contributed by atoms with Gasteiger partial charge in [-0.25, -0.2) is 0 Å². The highest BCUT2D eigenvalue weighted by molar-refractivity contribution is 6.42. The summed E-state index contributed by atoms with van der Waals surface area (Å²) >= 11 is 12.1. The largest absolute Gasteiger partial charge is 0.391 e. The molecule has 8 nitrogen and oxygen atoms in total. The molecule has 190 valence electrons. The summed E-state index contributed by atoms with van der Waals surface area (Å²) in [7, 11) is 0. The molecule has 3 saturated heterocycles. The molecule has 3 amide bonds. The van der Waals surface area contributed by atoms with Gasteiger partial charge < -0.3 is 24.5 Å². The van der Waals surface area contributed by atoms with E-state index in [-0.39, 0.29) is 54.7 Å². The monoisotopic (exact) mass is 523 g/mol. The van der Waals surface area contributed by atoms with Gasteiger partial charge in [0.25, 0.3) is 0 Å². The predicted octanol–water partition coefficient (Wildman–Crippen LogP) is 2.13. The van der Waals surface area contributed by atoms with Crippen LogP contribution in [-0.4, -0.2) is 94.6 Å². The van der Waals surface area contributed by atoms with Crippen molar-refractivity contribution in [2.45, 2.75) is 63.3 Å². The van der Waals surface area contributed by atoms with Crippen molar-refractivity contribution < 1.29 is 24.2 Å². The highest BCUT2D eigenvalue weighted by Crippen LogP contribution is 2.53. The molecule has 35 heavy (non-hydrogen) atoms. The zero-order valence-corrected chi connectivity index (χ0v) is 21.3. The number of ether oxygens (including phenoxy) is 1. The highest BCUT2D eigenvalue weighted by Gasteiger charge is 2.52. The second-order valence-corrected chi connectivity index (χ2v) is 11.2. The van der Waals surface area contributed by atoms with E-state index >= 15 is 0 Å². The van der Waals surface area contributed by atoms with Crippen LogP contribution in [0.4, 0.5) is 0 Å². The Morgan fingerprint density at radius 2 is 1.89 bits per heavy atom. The zero-order chi connectivity index (χ0) is 24.9. The first-order valence-corrected chi connectivity index (χ1v) is 13.0. The molecule has 0 aromatic heterocycles. The van der Waals surface area contributed by atoms with E-state index in [1.807, 2.05) is 0 Å². The molecule has 10 heteroatoms. The molecule has 1 N–H and O–H groups in total. The summed E-state index contributed by atoms with van der Waals surface area (Å²) < 4.78 is 5.78. The minimum Gasteiger partial charge on any atom is -0.391 e. The molecule has 1 spiro atoms. The lowest BCUT2D eigenvalue weighted by atomic mass is 9.90. The van der Waals surface area contributed by atoms with Gasteiger partial charge in [0.05, 0.1) is 47.9 Å². The summed E-state index contributed by atoms with van der Waals surface area (Å²) in [5.41, 5.74) is 0.757. The van der Waals surface area contributed by atoms with Gasteiger partial charge in [-0.3, -0.25) is 14.4 Å². The number of morpholine rings is 1. The number of amides is 3. The smallest absolute Gasteiger partial charge is 0.245 e. The second-order valence-electron chi connectivity index (χ2n) is 10.4. The molecule has 0 radical (unpaired) electrons. The van der Waals surface area contributed by atoms with Gasteiger partial charge in [-0.15, -0.1) is 0 Å². The number of halogens is 2. The molecule has 1 aromatic carbocycles. The minimum absolute atomic E-state index is 0.0292. The number of piperazine rings is 1. The number of carbonyl (C=O) groups excluding carboxylic acids is 3. The van der Waals surface area contributed by atoms with Crippen LogP contribution >= 0.6 is 23.2 Å². The number of carbonyl (C=O) groups is 3. The maximum atomic E-state index is 13.4. The number of β-amino-alcohol motifs (C(OH)–C–C–N with tert-alkyl or cyclic N) is 1. The number of hydrogen-bond donors (Lipinski definition) is 1. The maximum Gasteiger partial charge on any atom is 0.245 e. The van der Waals surface area contributed by atoms with Crippen molar-refractivity contribution in [2.24, 2.45) is 5.41 Å². The van der Waals surface area contributed by atoms with Crippen LogP contribution in [-0.2, 0) is 25.5 Å². The quantitative estimate of drug-likeness (QED) is 0.652. The Morgan fingerprint density at radius 3 is 2.57 bits per heavy atom. The van der Waals surface area contributed by atoms with Gasteiger partial charge >= 0.3 is 0 Å². The molecule has 0 unspecified atom stereocenters. The van der Waals surface area contributed by atoms with Gasteiger partial charge in [0.1, 0.15) is 6.04 Å². The average Bonchev–Trinajstić information content (AvgIpc) is 3.61. The number of aliphatic hydroxyl groups is 1. The fourth-order valence-corrected chi connectivity index (χ4v) is 6.07. The van der Waals surface area contributed by atoms with E-state index in [1.54, 1.807) is 39.8 Å². The van der Waals surface area contributed by atoms with Gasteiger partial charge in [0.15, 0.2) is 0 Å². The van der Waals surface area contributed by atoms with Crippen LogP contribution in [0.25, 0.3) is 0 Å². The molecule has 1 aromatic rings. The fraction of sp³-hybridized carbons (Fsp3) is 0.640. The molecule has 4 aliphatic rings. The molecular weight excluding hydrogens is 493 g/mol. The van der Waals surface area contributed by atoms with E-state index in [4.69, 9.17) is 27.9 Å². The summed E-state index contributed by atoms with van der Waals surface area (Å²) in [6.45, 7) is 3.70. The van der Waals surface area contributed by atoms with Gasteiger partial charge in [0.2, 0.25) is 17.7 Å². The summed E-state index contributed by atoms with van der Waals surface area (Å²) in [5, 5.41) is 11.3. The number of aliphatic hydroxyl groups excluding tert-OH is 1. The summed E-state index contributed by atoms with van der Waals surface area (Å²) in [6.07, 6.45) is 2.71. The van der Waals surface area contributed by atoms with E-state index in [9.17, 15) is 19.5 Å². The van der Waals surface area contributed by atoms with E-state index in [1.165, 1.54) is 0 Å². The van der Waals surface area contributed by atoms with Crippen molar-refractivity contribution in [1.82, 2.24) is 14.7 Å². The van der Waals surface area contributed by atoms with E-state index < -0.39 is 12.1 Å². The van der Waals surface area contributed by atoms with E-state index in [2.05, 4.69) is 0 Å². The van der Waals surface area contributed by atoms with Crippen molar-refractivity contribution in [3.05, 3.63) is 33.8 Å². The Bertz CT molecular complexity index is 1030. The second kappa shape index (κ2) is 9.54. The fourth-order valence-electron chi connectivity index (χ4n) is 5.75. The lowest BCUT2D eigenvalue weighted by Crippen LogP contribution is -2.68. The molecule has 1 saturated carbocycles. The first-order chi connectivity index (χ1) is 16.7. The van der Waals surface area contributed by atoms with Crippen molar-refractivity contribution in [2.75, 3.05) is 32.8 Å². The Labute approximate surface area is 215 Å². The van der Waals surface area contributed by atoms with Gasteiger partial charge in [0, 0.05) is 26.1 Å². The number of likely N-dealkylation sites (tertiary alicyclic amines) is 1. The molecule has 0 bridgehead atoms. The highest BCUT2D eigenvalue weighted by atomic mass is 35.5. The van der Waals surface area contributed by atoms with Crippen molar-refractivity contribution >= 4 is 40.9 Å². The molecule has 3 heterocycles. The Balaban J connectivity index is 1.23. The maximum absolute atomic E-state index is 13.4. The lowest BCUT2D eigenvalue weighted by molar-refractivity contribution is -0.169. The normalized spacial score (nSPS) is 29.8. The van der Waals surface area contributed by atoms with Crippen LogP contribution < -0.4 is 0 Å². The van der Waals surface area contributed by atoms with Crippen LogP contribution in [0.3, 0.4) is 0 Å². The zero-order valence-electron chi connectivity index (χ0n) is 19.8. The van der Waals surface area contributed by atoms with E-state index in [0.717, 1.165) is 24.8 Å². The predicted molar refractivity (Wildman–Crippen MR) is 130 cm³/mol. The first-order valence-electron chi connectivity index (χ1n) is 12.3. The number of piperidine rings is 1. The Hall–Kier alpha value is -1.87. The van der Waals surface area contributed by atoms with Crippen molar-refractivity contribution in [1.29, 1.82) is 0 Å². The minimum atomic E-state index is -0.635. The molecule has 4 fully saturated rings. The van der Waals surface area contributed by atoms with Crippen LogP contribution in [0.2, 0.25) is 10.0 Å². The Morgan fingerprint density at radius 1 is 1.11 bits per heavy atom. The molecule has 5 rings (SSSR count). The summed E-state index contributed by atoms with van der Waals surface area (Å²) in [5.74, 6) is -0.397. The topological polar surface area (TPSA) is 90.4 Å². The first kappa shape index (κ1) is 24.8. The van der Waals surface area contributed by atoms with E-state index in [0.29, 0.717) is 36.3 Å². The number of rotatable bonds is 4. The molecule has 3 aliphatic heterocycles. The van der Waals surface area contributed by atoms with Gasteiger partial charge in [-0.1, -0.05) is 29.3 Å². The van der Waals surface area contributed by atoms with Crippen molar-refractivity contribution in [3.63, 3.8) is 0 Å². The number of fused-ring (bicyclic) bond motifs is 1. The number of nitrogens with zero attached hydrogens (tertiary/aromatic N) is 3. The standard InChI is InChI=1S/C25H31Cl2N3O5/c1-15-24(34)30-17(10-22(32)28-7-6-25(4-5-25)21(31)12-28)13-35-14-18(30)11-29(15)23(33)9-16-2-3-19(26)20(27)8-16/h2-3,8,15,17-18,21,31H,4-7,9-14H2,1H3/t15-,17-,18+,21+/m0/s1. The number of benzene rings is 1. The Kier molecular flexibility index (Phi) is 6.76. The number of hydrogen-bond acceptors (Lipinski definition) is 5. The third-order valence-electron chi connectivity index (χ3n) is 8.19. The van der Waals surface area contributed by atoms with Crippen molar-refractivity contribution in [3.8, 4) is 0 Å². The third-order valence-corrected chi connectivity index (χ3v) is 8.93. The molecule has 1 aliphatic carbocycles.